The summed E-state index contributed by atoms with van der Waals surface area (Å²) < 4.78 is 38.0. The highest BCUT2D eigenvalue weighted by molar-refractivity contribution is 5.91. The second-order valence-electron chi connectivity index (χ2n) is 6.87. The molecule has 1 aliphatic carbocycles. The van der Waals surface area contributed by atoms with E-state index < -0.39 is 35.6 Å². The second kappa shape index (κ2) is 6.84. The Morgan fingerprint density at radius 2 is 1.79 bits per heavy atom. The predicted octanol–water partition coefficient (Wildman–Crippen LogP) is 1.98. The van der Waals surface area contributed by atoms with Gasteiger partial charge < -0.3 is 10.4 Å². The summed E-state index contributed by atoms with van der Waals surface area (Å²) in [7, 11) is 0. The monoisotopic (exact) mass is 403 g/mol. The summed E-state index contributed by atoms with van der Waals surface area (Å²) in [6.07, 6.45) is -2.79. The standard InChI is InChI=1S/C20H16F3N3O3/c21-20(22,23)12-5-7-13(8-6-12)24-19(29)26-10-16-15(18(27)28)9-11-3-1-2-4-14(11)17(16)25-26/h1-9,15-16,25H,10H2,(H,24,29)(H,27,28). The van der Waals surface area contributed by atoms with Crippen molar-refractivity contribution in [1.29, 1.82) is 0 Å². The van der Waals surface area contributed by atoms with Crippen LogP contribution in [0, 0.1) is 11.8 Å². The van der Waals surface area contributed by atoms with E-state index in [1.807, 2.05) is 12.1 Å². The summed E-state index contributed by atoms with van der Waals surface area (Å²) in [5.41, 5.74) is 2.99. The molecule has 2 aromatic carbocycles. The third-order valence-corrected chi connectivity index (χ3v) is 5.04. The summed E-state index contributed by atoms with van der Waals surface area (Å²) >= 11 is 0. The van der Waals surface area contributed by atoms with Crippen molar-refractivity contribution in [2.45, 2.75) is 6.18 Å². The fraction of sp³-hybridized carbons (Fsp3) is 0.200. The van der Waals surface area contributed by atoms with Crippen molar-refractivity contribution < 1.29 is 27.9 Å². The molecular formula is C20H16F3N3O3. The molecule has 2 aromatic rings. The van der Waals surface area contributed by atoms with Crippen molar-refractivity contribution in [2.24, 2.45) is 11.8 Å². The summed E-state index contributed by atoms with van der Waals surface area (Å²) in [6, 6.07) is 10.8. The quantitative estimate of drug-likeness (QED) is 0.716. The lowest BCUT2D eigenvalue weighted by Crippen LogP contribution is -2.41. The lowest BCUT2D eigenvalue weighted by Gasteiger charge is -2.19. The van der Waals surface area contributed by atoms with Crippen LogP contribution in [0.25, 0.3) is 11.8 Å². The van der Waals surface area contributed by atoms with Crippen LogP contribution in [-0.2, 0) is 11.0 Å². The van der Waals surface area contributed by atoms with Crippen LogP contribution >= 0.6 is 0 Å². The number of carboxylic acid groups (broad SMARTS) is 1. The van der Waals surface area contributed by atoms with Crippen LogP contribution in [0.3, 0.4) is 0 Å². The summed E-state index contributed by atoms with van der Waals surface area (Å²) in [4.78, 5) is 24.3. The third kappa shape index (κ3) is 3.51. The van der Waals surface area contributed by atoms with Crippen LogP contribution in [-0.4, -0.2) is 28.7 Å². The molecule has 29 heavy (non-hydrogen) atoms. The fourth-order valence-electron chi connectivity index (χ4n) is 3.62. The molecule has 6 nitrogen and oxygen atoms in total. The number of carboxylic acids is 1. The van der Waals surface area contributed by atoms with E-state index in [0.717, 1.165) is 22.6 Å². The van der Waals surface area contributed by atoms with Crippen LogP contribution in [0.15, 0.2) is 48.5 Å². The SMILES string of the molecule is O=C(O)C1C=c2ccccc2=C2NN(C(=O)Nc3ccc(C(F)(F)F)cc3)CC21. The molecule has 150 valence electrons. The van der Waals surface area contributed by atoms with Gasteiger partial charge in [-0.05, 0) is 29.5 Å². The number of nitrogens with one attached hydrogen (secondary N) is 2. The smallest absolute Gasteiger partial charge is 0.416 e. The first-order valence-electron chi connectivity index (χ1n) is 8.80. The highest BCUT2D eigenvalue weighted by Crippen LogP contribution is 2.31. The molecule has 0 aromatic heterocycles. The molecule has 3 N–H and O–H groups in total. The Bertz CT molecular complexity index is 1100. The number of alkyl halides is 3. The van der Waals surface area contributed by atoms with Crippen molar-refractivity contribution in [3.8, 4) is 0 Å². The van der Waals surface area contributed by atoms with E-state index >= 15 is 0 Å². The minimum Gasteiger partial charge on any atom is -0.481 e. The summed E-state index contributed by atoms with van der Waals surface area (Å²) in [5.74, 6) is -2.23. The zero-order valence-electron chi connectivity index (χ0n) is 14.9. The summed E-state index contributed by atoms with van der Waals surface area (Å²) in [6.45, 7) is 0.115. The van der Waals surface area contributed by atoms with Gasteiger partial charge in [-0.15, -0.1) is 0 Å². The number of halogens is 3. The zero-order chi connectivity index (χ0) is 20.8. The van der Waals surface area contributed by atoms with Gasteiger partial charge in [0.1, 0.15) is 0 Å². The van der Waals surface area contributed by atoms with Crippen LogP contribution in [0.5, 0.6) is 0 Å². The Labute approximate surface area is 162 Å². The first kappa shape index (κ1) is 18.9. The van der Waals surface area contributed by atoms with Crippen molar-refractivity contribution in [2.75, 3.05) is 11.9 Å². The van der Waals surface area contributed by atoms with E-state index in [-0.39, 0.29) is 12.2 Å². The number of urea groups is 1. The average molecular weight is 403 g/mol. The normalized spacial score (nSPS) is 20.2. The Morgan fingerprint density at radius 1 is 1.10 bits per heavy atom. The predicted molar refractivity (Wildman–Crippen MR) is 98.5 cm³/mol. The van der Waals surface area contributed by atoms with E-state index in [2.05, 4.69) is 10.7 Å². The Morgan fingerprint density at radius 3 is 2.45 bits per heavy atom. The molecule has 9 heteroatoms. The van der Waals surface area contributed by atoms with Gasteiger partial charge in [0.25, 0.3) is 0 Å². The number of benzene rings is 2. The fourth-order valence-corrected chi connectivity index (χ4v) is 3.62. The molecule has 0 saturated carbocycles. The van der Waals surface area contributed by atoms with Gasteiger partial charge in [0.2, 0.25) is 0 Å². The molecule has 0 radical (unpaired) electrons. The molecule has 1 fully saturated rings. The number of aliphatic carboxylic acids is 1. The molecule has 2 aliphatic rings. The van der Waals surface area contributed by atoms with Crippen molar-refractivity contribution >= 4 is 29.5 Å². The second-order valence-corrected chi connectivity index (χ2v) is 6.87. The highest BCUT2D eigenvalue weighted by Gasteiger charge is 2.40. The molecule has 2 unspecified atom stereocenters. The van der Waals surface area contributed by atoms with Gasteiger partial charge in [-0.25, -0.2) is 9.80 Å². The molecule has 1 aliphatic heterocycles. The van der Waals surface area contributed by atoms with E-state index in [1.165, 1.54) is 17.1 Å². The van der Waals surface area contributed by atoms with Gasteiger partial charge in [0, 0.05) is 22.5 Å². The first-order chi connectivity index (χ1) is 13.7. The molecular weight excluding hydrogens is 387 g/mol. The number of carbonyl (C=O) groups is 2. The Hall–Kier alpha value is -3.49. The van der Waals surface area contributed by atoms with Crippen molar-refractivity contribution in [3.63, 3.8) is 0 Å². The number of rotatable bonds is 2. The van der Waals surface area contributed by atoms with Crippen LogP contribution in [0.2, 0.25) is 0 Å². The molecule has 0 spiro atoms. The number of amides is 2. The van der Waals surface area contributed by atoms with Gasteiger partial charge >= 0.3 is 18.2 Å². The maximum Gasteiger partial charge on any atom is 0.416 e. The van der Waals surface area contributed by atoms with E-state index in [9.17, 15) is 27.9 Å². The van der Waals surface area contributed by atoms with E-state index in [0.29, 0.717) is 5.70 Å². The minimum atomic E-state index is -4.46. The minimum absolute atomic E-state index is 0.115. The van der Waals surface area contributed by atoms with Crippen molar-refractivity contribution in [3.05, 3.63) is 64.5 Å². The van der Waals surface area contributed by atoms with Crippen molar-refractivity contribution in [1.82, 2.24) is 10.4 Å². The largest absolute Gasteiger partial charge is 0.481 e. The molecule has 0 bridgehead atoms. The van der Waals surface area contributed by atoms with Gasteiger partial charge in [-0.1, -0.05) is 30.3 Å². The molecule has 2 atom stereocenters. The number of hydrogen-bond acceptors (Lipinski definition) is 3. The maximum atomic E-state index is 12.7. The van der Waals surface area contributed by atoms with Gasteiger partial charge in [-0.3, -0.25) is 10.2 Å². The highest BCUT2D eigenvalue weighted by atomic mass is 19.4. The lowest BCUT2D eigenvalue weighted by atomic mass is 9.85. The Balaban J connectivity index is 1.57. The van der Waals surface area contributed by atoms with E-state index in [1.54, 1.807) is 18.2 Å². The van der Waals surface area contributed by atoms with Gasteiger partial charge in [0.05, 0.1) is 18.0 Å². The zero-order valence-corrected chi connectivity index (χ0v) is 14.9. The first-order valence-corrected chi connectivity index (χ1v) is 8.80. The lowest BCUT2D eigenvalue weighted by molar-refractivity contribution is -0.140. The number of fused-ring (bicyclic) bond motifs is 2. The number of hydrogen-bond donors (Lipinski definition) is 3. The average Bonchev–Trinajstić information content (AvgIpc) is 3.12. The van der Waals surface area contributed by atoms with Crippen LogP contribution in [0.1, 0.15) is 5.56 Å². The number of nitrogens with zero attached hydrogens (tertiary/aromatic N) is 1. The molecule has 1 saturated heterocycles. The Kier molecular flexibility index (Phi) is 4.45. The van der Waals surface area contributed by atoms with E-state index in [4.69, 9.17) is 0 Å². The van der Waals surface area contributed by atoms with Gasteiger partial charge in [0.15, 0.2) is 0 Å². The molecule has 2 amide bonds. The van der Waals surface area contributed by atoms with Crippen LogP contribution in [0.4, 0.5) is 23.7 Å². The summed E-state index contributed by atoms with van der Waals surface area (Å²) in [5, 5.41) is 14.9. The molecule has 1 heterocycles. The van der Waals surface area contributed by atoms with Crippen LogP contribution < -0.4 is 21.2 Å². The van der Waals surface area contributed by atoms with Gasteiger partial charge in [-0.2, -0.15) is 13.2 Å². The number of anilines is 1. The topological polar surface area (TPSA) is 81.7 Å². The third-order valence-electron chi connectivity index (χ3n) is 5.04. The number of carbonyl (C=O) groups excluding carboxylic acids is 1. The molecule has 4 rings (SSSR count). The maximum absolute atomic E-state index is 12.7. The number of hydrazine groups is 1.